The van der Waals surface area contributed by atoms with Crippen LogP contribution in [-0.4, -0.2) is 26.0 Å². The van der Waals surface area contributed by atoms with Crippen molar-refractivity contribution >= 4 is 23.5 Å². The normalized spacial score (nSPS) is 11.0. The Labute approximate surface area is 136 Å². The van der Waals surface area contributed by atoms with E-state index in [1.54, 1.807) is 0 Å². The molecule has 8 heteroatoms. The van der Waals surface area contributed by atoms with Gasteiger partial charge in [0.15, 0.2) is 5.82 Å². The number of benzene rings is 2. The number of hydrogen-bond donors (Lipinski definition) is 0. The van der Waals surface area contributed by atoms with E-state index in [-0.39, 0.29) is 5.69 Å². The Bertz CT molecular complexity index is 877. The van der Waals surface area contributed by atoms with Gasteiger partial charge in [-0.25, -0.2) is 0 Å². The third-order valence-electron chi connectivity index (χ3n) is 3.07. The van der Waals surface area contributed by atoms with E-state index in [2.05, 4.69) is 15.3 Å². The van der Waals surface area contributed by atoms with Crippen molar-refractivity contribution in [3.63, 3.8) is 0 Å². The molecular weight excluding hydrogens is 318 g/mol. The lowest BCUT2D eigenvalue weighted by Gasteiger charge is -2.01. The Hall–Kier alpha value is -3.06. The predicted molar refractivity (Wildman–Crippen MR) is 86.6 cm³/mol. The van der Waals surface area contributed by atoms with Crippen LogP contribution in [0.2, 0.25) is 5.02 Å². The minimum atomic E-state index is -0.484. The van der Waals surface area contributed by atoms with Crippen LogP contribution in [0, 0.1) is 10.1 Å². The number of nitrogens with zero attached hydrogens (tertiary/aromatic N) is 5. The first-order valence-electron chi connectivity index (χ1n) is 6.59. The van der Waals surface area contributed by atoms with Crippen molar-refractivity contribution in [2.75, 3.05) is 0 Å². The summed E-state index contributed by atoms with van der Waals surface area (Å²) in [5.41, 5.74) is 1.24. The summed E-state index contributed by atoms with van der Waals surface area (Å²) in [6.45, 7) is 0. The maximum absolute atomic E-state index is 10.8. The monoisotopic (exact) mass is 327 g/mol. The van der Waals surface area contributed by atoms with Crippen molar-refractivity contribution in [1.82, 2.24) is 14.9 Å². The first-order chi connectivity index (χ1) is 11.1. The van der Waals surface area contributed by atoms with Crippen LogP contribution in [0.1, 0.15) is 5.56 Å². The molecule has 0 bridgehead atoms. The SMILES string of the molecule is O=[N+]([O-])c1ccc(Cl)c(/C=N\n2cnnc2-c2ccccc2)c1. The van der Waals surface area contributed by atoms with E-state index < -0.39 is 4.92 Å². The van der Waals surface area contributed by atoms with Gasteiger partial charge in [-0.15, -0.1) is 10.2 Å². The molecule has 0 aliphatic rings. The second-order valence-electron chi connectivity index (χ2n) is 4.57. The maximum Gasteiger partial charge on any atom is 0.270 e. The minimum Gasteiger partial charge on any atom is -0.258 e. The highest BCUT2D eigenvalue weighted by atomic mass is 35.5. The molecule has 0 radical (unpaired) electrons. The minimum absolute atomic E-state index is 0.0529. The molecule has 0 unspecified atom stereocenters. The summed E-state index contributed by atoms with van der Waals surface area (Å²) in [6, 6.07) is 13.6. The van der Waals surface area contributed by atoms with Crippen molar-refractivity contribution in [1.29, 1.82) is 0 Å². The van der Waals surface area contributed by atoms with E-state index in [0.717, 1.165) is 5.56 Å². The largest absolute Gasteiger partial charge is 0.270 e. The highest BCUT2D eigenvalue weighted by Gasteiger charge is 2.09. The van der Waals surface area contributed by atoms with Crippen LogP contribution in [0.15, 0.2) is 60.0 Å². The summed E-state index contributed by atoms with van der Waals surface area (Å²) in [6.07, 6.45) is 2.88. The number of nitro groups is 1. The van der Waals surface area contributed by atoms with Gasteiger partial charge in [0.05, 0.1) is 11.1 Å². The molecule has 1 aromatic heterocycles. The van der Waals surface area contributed by atoms with E-state index in [1.807, 2.05) is 30.3 Å². The van der Waals surface area contributed by atoms with Gasteiger partial charge in [0.2, 0.25) is 0 Å². The van der Waals surface area contributed by atoms with Crippen molar-refractivity contribution in [3.05, 3.63) is 75.6 Å². The fourth-order valence-electron chi connectivity index (χ4n) is 1.96. The van der Waals surface area contributed by atoms with E-state index in [4.69, 9.17) is 11.6 Å². The molecule has 1 heterocycles. The average molecular weight is 328 g/mol. The molecule has 23 heavy (non-hydrogen) atoms. The lowest BCUT2D eigenvalue weighted by molar-refractivity contribution is -0.384. The Kier molecular flexibility index (Phi) is 4.11. The number of nitro benzene ring substituents is 1. The van der Waals surface area contributed by atoms with Crippen molar-refractivity contribution < 1.29 is 4.92 Å². The Morgan fingerprint density at radius 3 is 2.74 bits per heavy atom. The number of halogens is 1. The van der Waals surface area contributed by atoms with Gasteiger partial charge in [-0.05, 0) is 6.07 Å². The zero-order valence-electron chi connectivity index (χ0n) is 11.7. The molecule has 0 atom stereocenters. The van der Waals surface area contributed by atoms with E-state index in [0.29, 0.717) is 16.4 Å². The summed E-state index contributed by atoms with van der Waals surface area (Å²) >= 11 is 6.04. The standard InChI is InChI=1S/C15H10ClN5O2/c16-14-7-6-13(21(22)23)8-12(14)9-18-20-10-17-19-15(20)11-4-2-1-3-5-11/h1-10H/b18-9-. The number of hydrogen-bond acceptors (Lipinski definition) is 5. The predicted octanol–water partition coefficient (Wildman–Crippen LogP) is 3.39. The van der Waals surface area contributed by atoms with Crippen LogP contribution in [0.5, 0.6) is 0 Å². The number of non-ortho nitro benzene ring substituents is 1. The highest BCUT2D eigenvalue weighted by molar-refractivity contribution is 6.33. The van der Waals surface area contributed by atoms with Gasteiger partial charge in [-0.1, -0.05) is 41.9 Å². The molecule has 0 N–H and O–H groups in total. The van der Waals surface area contributed by atoms with Crippen LogP contribution in [0.4, 0.5) is 5.69 Å². The van der Waals surface area contributed by atoms with Gasteiger partial charge in [0.25, 0.3) is 5.69 Å². The third-order valence-corrected chi connectivity index (χ3v) is 3.42. The van der Waals surface area contributed by atoms with Gasteiger partial charge in [0, 0.05) is 28.3 Å². The van der Waals surface area contributed by atoms with E-state index in [9.17, 15) is 10.1 Å². The van der Waals surface area contributed by atoms with Crippen LogP contribution in [-0.2, 0) is 0 Å². The molecule has 114 valence electrons. The van der Waals surface area contributed by atoms with Crippen LogP contribution in [0.25, 0.3) is 11.4 Å². The van der Waals surface area contributed by atoms with Crippen LogP contribution < -0.4 is 0 Å². The third kappa shape index (κ3) is 3.24. The smallest absolute Gasteiger partial charge is 0.258 e. The van der Waals surface area contributed by atoms with Crippen molar-refractivity contribution in [3.8, 4) is 11.4 Å². The molecular formula is C15H10ClN5O2. The second-order valence-corrected chi connectivity index (χ2v) is 4.98. The van der Waals surface area contributed by atoms with Crippen LogP contribution in [0.3, 0.4) is 0 Å². The Morgan fingerprint density at radius 1 is 1.22 bits per heavy atom. The summed E-state index contributed by atoms with van der Waals surface area (Å²) in [4.78, 5) is 10.3. The molecule has 0 aliphatic heterocycles. The van der Waals surface area contributed by atoms with Gasteiger partial charge >= 0.3 is 0 Å². The maximum atomic E-state index is 10.8. The van der Waals surface area contributed by atoms with Crippen LogP contribution >= 0.6 is 11.6 Å². The molecule has 7 nitrogen and oxygen atoms in total. The molecule has 3 aromatic rings. The molecule has 3 rings (SSSR count). The van der Waals surface area contributed by atoms with Gasteiger partial charge in [-0.2, -0.15) is 9.78 Å². The quantitative estimate of drug-likeness (QED) is 0.417. The fraction of sp³-hybridized carbons (Fsp3) is 0. The van der Waals surface area contributed by atoms with Gasteiger partial charge in [-0.3, -0.25) is 10.1 Å². The highest BCUT2D eigenvalue weighted by Crippen LogP contribution is 2.21. The number of rotatable bonds is 4. The van der Waals surface area contributed by atoms with E-state index in [1.165, 1.54) is 35.4 Å². The lowest BCUT2D eigenvalue weighted by Crippen LogP contribution is -1.95. The zero-order chi connectivity index (χ0) is 16.2. The van der Waals surface area contributed by atoms with Crippen molar-refractivity contribution in [2.45, 2.75) is 0 Å². The van der Waals surface area contributed by atoms with Gasteiger partial charge in [0.1, 0.15) is 6.33 Å². The van der Waals surface area contributed by atoms with Crippen molar-refractivity contribution in [2.24, 2.45) is 5.10 Å². The number of aromatic nitrogens is 3. The first-order valence-corrected chi connectivity index (χ1v) is 6.96. The summed E-state index contributed by atoms with van der Waals surface area (Å²) in [5, 5.41) is 23.3. The Balaban J connectivity index is 1.95. The molecule has 0 aliphatic carbocycles. The van der Waals surface area contributed by atoms with E-state index >= 15 is 0 Å². The molecule has 0 fully saturated rings. The summed E-state index contributed by atoms with van der Waals surface area (Å²) < 4.78 is 1.48. The summed E-state index contributed by atoms with van der Waals surface area (Å²) in [5.74, 6) is 0.559. The molecule has 2 aromatic carbocycles. The Morgan fingerprint density at radius 2 is 2.00 bits per heavy atom. The molecule has 0 amide bonds. The first kappa shape index (κ1) is 14.9. The lowest BCUT2D eigenvalue weighted by atomic mass is 10.2. The fourth-order valence-corrected chi connectivity index (χ4v) is 2.13. The zero-order valence-corrected chi connectivity index (χ0v) is 12.5. The summed E-state index contributed by atoms with van der Waals surface area (Å²) in [7, 11) is 0. The average Bonchev–Trinajstić information content (AvgIpc) is 3.03. The topological polar surface area (TPSA) is 86.2 Å². The molecule has 0 spiro atoms. The molecule has 0 saturated carbocycles. The second kappa shape index (κ2) is 6.37. The molecule has 0 saturated heterocycles. The van der Waals surface area contributed by atoms with Gasteiger partial charge < -0.3 is 0 Å².